The number of aromatic nitrogens is 2. The topological polar surface area (TPSA) is 23.0 Å². The van der Waals surface area contributed by atoms with E-state index in [0.717, 1.165) is 33.1 Å². The Morgan fingerprint density at radius 2 is 0.688 bits per heavy atom. The smallest absolute Gasteiger partial charge is 0.135 e. The molecule has 0 amide bonds. The molecular formula is C60H36N2OS. The van der Waals surface area contributed by atoms with Gasteiger partial charge in [0.1, 0.15) is 11.2 Å². The van der Waals surface area contributed by atoms with Crippen LogP contribution in [-0.2, 0) is 0 Å². The summed E-state index contributed by atoms with van der Waals surface area (Å²) in [5.74, 6) is 0. The molecule has 0 aliphatic carbocycles. The van der Waals surface area contributed by atoms with Gasteiger partial charge in [-0.05, 0) is 130 Å². The first kappa shape index (κ1) is 35.4. The van der Waals surface area contributed by atoms with Gasteiger partial charge in [0.25, 0.3) is 0 Å². The fourth-order valence-electron chi connectivity index (χ4n) is 10.3. The van der Waals surface area contributed by atoms with Gasteiger partial charge >= 0.3 is 0 Å². The molecule has 298 valence electrons. The van der Waals surface area contributed by atoms with E-state index in [2.05, 4.69) is 215 Å². The lowest BCUT2D eigenvalue weighted by Crippen LogP contribution is -1.94. The SMILES string of the molecule is c1ccc(-c2ccc3c(c2)c2cc(-c4ccc5c(c4)c4cc(-c6ccccc6)ccc4n5-c4ccc5sc6ccccc6c5c4)ccc2n3-c2ccc3oc4ccccc4c3c2)cc1. The fourth-order valence-corrected chi connectivity index (χ4v) is 11.4. The third kappa shape index (κ3) is 5.33. The van der Waals surface area contributed by atoms with Crippen molar-refractivity contribution in [3.05, 3.63) is 218 Å². The average Bonchev–Trinajstić information content (AvgIpc) is 4.11. The van der Waals surface area contributed by atoms with Gasteiger partial charge in [-0.2, -0.15) is 0 Å². The Morgan fingerprint density at radius 1 is 0.266 bits per heavy atom. The number of hydrogen-bond donors (Lipinski definition) is 0. The van der Waals surface area contributed by atoms with Crippen LogP contribution in [0.4, 0.5) is 0 Å². The summed E-state index contributed by atoms with van der Waals surface area (Å²) < 4.78 is 13.8. The number of para-hydroxylation sites is 1. The lowest BCUT2D eigenvalue weighted by Gasteiger charge is -2.10. The highest BCUT2D eigenvalue weighted by Crippen LogP contribution is 2.42. The molecule has 4 heterocycles. The van der Waals surface area contributed by atoms with E-state index in [-0.39, 0.29) is 0 Å². The van der Waals surface area contributed by atoms with Gasteiger partial charge in [-0.25, -0.2) is 0 Å². The molecule has 0 saturated heterocycles. The van der Waals surface area contributed by atoms with Gasteiger partial charge in [0, 0.05) is 63.9 Å². The van der Waals surface area contributed by atoms with Crippen molar-refractivity contribution in [1.82, 2.24) is 9.13 Å². The van der Waals surface area contributed by atoms with Gasteiger partial charge in [-0.1, -0.05) is 121 Å². The summed E-state index contributed by atoms with van der Waals surface area (Å²) >= 11 is 1.86. The summed E-state index contributed by atoms with van der Waals surface area (Å²) in [4.78, 5) is 0. The molecule has 10 aromatic carbocycles. The second-order valence-electron chi connectivity index (χ2n) is 16.9. The van der Waals surface area contributed by atoms with E-state index in [0.29, 0.717) is 0 Å². The van der Waals surface area contributed by atoms with Gasteiger partial charge in [0.15, 0.2) is 0 Å². The van der Waals surface area contributed by atoms with E-state index in [1.54, 1.807) is 0 Å². The van der Waals surface area contributed by atoms with E-state index in [1.165, 1.54) is 97.3 Å². The maximum absolute atomic E-state index is 6.26. The Bertz CT molecular complexity index is 3910. The predicted octanol–water partition coefficient (Wildman–Crippen LogP) is 17.1. The van der Waals surface area contributed by atoms with Gasteiger partial charge in [-0.15, -0.1) is 11.3 Å². The van der Waals surface area contributed by atoms with Crippen LogP contribution in [-0.4, -0.2) is 9.13 Å². The Kier molecular flexibility index (Phi) is 7.56. The molecule has 0 fully saturated rings. The third-order valence-electron chi connectivity index (χ3n) is 13.3. The molecule has 14 rings (SSSR count). The maximum Gasteiger partial charge on any atom is 0.135 e. The first-order valence-electron chi connectivity index (χ1n) is 21.8. The van der Waals surface area contributed by atoms with Crippen LogP contribution >= 0.6 is 11.3 Å². The predicted molar refractivity (Wildman–Crippen MR) is 272 cm³/mol. The highest BCUT2D eigenvalue weighted by atomic mass is 32.1. The van der Waals surface area contributed by atoms with Crippen molar-refractivity contribution in [3.63, 3.8) is 0 Å². The lowest BCUT2D eigenvalue weighted by molar-refractivity contribution is 0.669. The van der Waals surface area contributed by atoms with Crippen molar-refractivity contribution in [1.29, 1.82) is 0 Å². The molecule has 3 nitrogen and oxygen atoms in total. The first-order valence-corrected chi connectivity index (χ1v) is 22.6. The second-order valence-corrected chi connectivity index (χ2v) is 18.0. The standard InChI is InChI=1S/C60H36N2OS/c1-3-11-37(12-4-1)39-19-25-53-47(31-39)49-33-41(21-27-55(49)61(53)43-23-29-58-51(35-43)45-15-7-9-17-57(45)63-58)42-22-28-56-50(34-42)48-32-40(38-13-5-2-6-14-38)20-26-54(48)62(56)44-24-30-60-52(36-44)46-16-8-10-18-59(46)64-60/h1-36H. The van der Waals surface area contributed by atoms with Crippen molar-refractivity contribution in [3.8, 4) is 44.8 Å². The zero-order valence-electron chi connectivity index (χ0n) is 34.5. The number of nitrogens with zero attached hydrogens (tertiary/aromatic N) is 2. The summed E-state index contributed by atoms with van der Waals surface area (Å²) in [6.45, 7) is 0. The van der Waals surface area contributed by atoms with Gasteiger partial charge in [0.05, 0.1) is 22.1 Å². The Hall–Kier alpha value is -8.18. The quantitative estimate of drug-likeness (QED) is 0.169. The number of fused-ring (bicyclic) bond motifs is 12. The number of hydrogen-bond acceptors (Lipinski definition) is 2. The molecule has 14 aromatic rings. The molecule has 0 aliphatic rings. The van der Waals surface area contributed by atoms with E-state index in [9.17, 15) is 0 Å². The van der Waals surface area contributed by atoms with Crippen LogP contribution in [0.3, 0.4) is 0 Å². The molecule has 0 atom stereocenters. The molecule has 0 saturated carbocycles. The summed E-state index contributed by atoms with van der Waals surface area (Å²) in [6.07, 6.45) is 0. The summed E-state index contributed by atoms with van der Waals surface area (Å²) in [6, 6.07) is 80.0. The van der Waals surface area contributed by atoms with Crippen molar-refractivity contribution >= 4 is 97.1 Å². The molecule has 0 N–H and O–H groups in total. The van der Waals surface area contributed by atoms with Gasteiger partial charge < -0.3 is 13.6 Å². The van der Waals surface area contributed by atoms with Crippen LogP contribution in [0.15, 0.2) is 223 Å². The Morgan fingerprint density at radius 3 is 1.25 bits per heavy atom. The highest BCUT2D eigenvalue weighted by molar-refractivity contribution is 7.25. The largest absolute Gasteiger partial charge is 0.456 e. The number of furan rings is 1. The van der Waals surface area contributed by atoms with E-state index in [4.69, 9.17) is 4.42 Å². The van der Waals surface area contributed by atoms with Crippen molar-refractivity contribution in [2.75, 3.05) is 0 Å². The zero-order chi connectivity index (χ0) is 41.9. The maximum atomic E-state index is 6.26. The minimum absolute atomic E-state index is 0.896. The van der Waals surface area contributed by atoms with Crippen LogP contribution < -0.4 is 0 Å². The number of rotatable bonds is 5. The van der Waals surface area contributed by atoms with Crippen LogP contribution in [0.1, 0.15) is 0 Å². The second kappa shape index (κ2) is 13.7. The van der Waals surface area contributed by atoms with E-state index in [1.807, 2.05) is 23.5 Å². The normalized spacial score (nSPS) is 12.1. The minimum Gasteiger partial charge on any atom is -0.456 e. The van der Waals surface area contributed by atoms with Crippen LogP contribution in [0.2, 0.25) is 0 Å². The van der Waals surface area contributed by atoms with Crippen molar-refractivity contribution in [2.24, 2.45) is 0 Å². The molecular weight excluding hydrogens is 797 g/mol. The monoisotopic (exact) mass is 832 g/mol. The molecule has 0 bridgehead atoms. The Balaban J connectivity index is 0.987. The number of benzene rings is 10. The van der Waals surface area contributed by atoms with Crippen molar-refractivity contribution in [2.45, 2.75) is 0 Å². The zero-order valence-corrected chi connectivity index (χ0v) is 35.3. The molecule has 0 aliphatic heterocycles. The molecule has 4 aromatic heterocycles. The van der Waals surface area contributed by atoms with Crippen molar-refractivity contribution < 1.29 is 4.42 Å². The number of thiophene rings is 1. The molecule has 0 radical (unpaired) electrons. The van der Waals surface area contributed by atoms with Crippen LogP contribution in [0.5, 0.6) is 0 Å². The van der Waals surface area contributed by atoms with Crippen LogP contribution in [0.25, 0.3) is 130 Å². The Labute approximate surface area is 371 Å². The van der Waals surface area contributed by atoms with Gasteiger partial charge in [-0.3, -0.25) is 0 Å². The minimum atomic E-state index is 0.896. The average molecular weight is 833 g/mol. The fraction of sp³-hybridized carbons (Fsp3) is 0. The van der Waals surface area contributed by atoms with Crippen LogP contribution in [0, 0.1) is 0 Å². The molecule has 0 spiro atoms. The lowest BCUT2D eigenvalue weighted by atomic mass is 9.98. The molecule has 4 heteroatoms. The molecule has 0 unspecified atom stereocenters. The van der Waals surface area contributed by atoms with E-state index < -0.39 is 0 Å². The summed E-state index contributed by atoms with van der Waals surface area (Å²) in [5, 5.41) is 9.75. The molecule has 64 heavy (non-hydrogen) atoms. The van der Waals surface area contributed by atoms with E-state index >= 15 is 0 Å². The highest BCUT2D eigenvalue weighted by Gasteiger charge is 2.19. The summed E-state index contributed by atoms with van der Waals surface area (Å²) in [7, 11) is 0. The van der Waals surface area contributed by atoms with Gasteiger partial charge in [0.2, 0.25) is 0 Å². The summed E-state index contributed by atoms with van der Waals surface area (Å²) in [5.41, 5.74) is 16.0. The third-order valence-corrected chi connectivity index (χ3v) is 14.5. The first-order chi connectivity index (χ1) is 31.7.